The summed E-state index contributed by atoms with van der Waals surface area (Å²) in [5, 5.41) is 4.54. The number of methoxy groups -OCH3 is 2. The van der Waals surface area contributed by atoms with Crippen LogP contribution in [0, 0.1) is 0 Å². The van der Waals surface area contributed by atoms with Crippen molar-refractivity contribution in [1.29, 1.82) is 0 Å². The molecular weight excluding hydrogens is 382 g/mol. The first kappa shape index (κ1) is 18.3. The number of para-hydroxylation sites is 1. The smallest absolute Gasteiger partial charge is 0.257 e. The molecule has 0 bridgehead atoms. The molecule has 7 nitrogen and oxygen atoms in total. The molecule has 0 N–H and O–H groups in total. The topological polar surface area (TPSA) is 77.7 Å². The van der Waals surface area contributed by atoms with Crippen molar-refractivity contribution < 1.29 is 18.8 Å². The fourth-order valence-corrected chi connectivity index (χ4v) is 3.33. The number of rotatable bonds is 5. The fourth-order valence-electron chi connectivity index (χ4n) is 3.16. The normalized spacial score (nSPS) is 13.9. The van der Waals surface area contributed by atoms with Crippen molar-refractivity contribution in [2.75, 3.05) is 27.3 Å². The Morgan fingerprint density at radius 1 is 1.14 bits per heavy atom. The molecule has 8 heteroatoms. The first-order valence-corrected chi connectivity index (χ1v) is 9.08. The maximum atomic E-state index is 12.8. The van der Waals surface area contributed by atoms with Crippen LogP contribution in [0.3, 0.4) is 0 Å². The van der Waals surface area contributed by atoms with Gasteiger partial charge in [0.15, 0.2) is 0 Å². The predicted molar refractivity (Wildman–Crippen MR) is 103 cm³/mol. The van der Waals surface area contributed by atoms with Gasteiger partial charge >= 0.3 is 0 Å². The molecule has 1 fully saturated rings. The third-order valence-electron chi connectivity index (χ3n) is 4.70. The third-order valence-corrected chi connectivity index (χ3v) is 4.93. The summed E-state index contributed by atoms with van der Waals surface area (Å²) in [6, 6.07) is 12.5. The lowest BCUT2D eigenvalue weighted by Crippen LogP contribution is -2.48. The molecule has 1 amide bonds. The van der Waals surface area contributed by atoms with Gasteiger partial charge in [0.25, 0.3) is 5.91 Å². The van der Waals surface area contributed by atoms with E-state index in [9.17, 15) is 4.79 Å². The van der Waals surface area contributed by atoms with Crippen molar-refractivity contribution in [2.45, 2.75) is 5.92 Å². The number of hydrogen-bond donors (Lipinski definition) is 0. The Labute approximate surface area is 166 Å². The number of nitrogens with zero attached hydrogens (tertiary/aromatic N) is 3. The van der Waals surface area contributed by atoms with Crippen LogP contribution >= 0.6 is 11.6 Å². The highest BCUT2D eigenvalue weighted by molar-refractivity contribution is 6.31. The van der Waals surface area contributed by atoms with E-state index in [1.54, 1.807) is 30.2 Å². The molecule has 0 unspecified atom stereocenters. The van der Waals surface area contributed by atoms with Crippen molar-refractivity contribution in [1.82, 2.24) is 15.0 Å². The summed E-state index contributed by atoms with van der Waals surface area (Å²) in [4.78, 5) is 18.9. The summed E-state index contributed by atoms with van der Waals surface area (Å²) in [5.41, 5.74) is 1.20. The van der Waals surface area contributed by atoms with Crippen LogP contribution in [0.15, 0.2) is 47.0 Å². The molecule has 1 aromatic heterocycles. The monoisotopic (exact) mass is 399 g/mol. The van der Waals surface area contributed by atoms with Crippen LogP contribution in [0.1, 0.15) is 22.2 Å². The number of amides is 1. The zero-order valence-electron chi connectivity index (χ0n) is 15.4. The Morgan fingerprint density at radius 3 is 2.64 bits per heavy atom. The van der Waals surface area contributed by atoms with Gasteiger partial charge in [-0.2, -0.15) is 4.98 Å². The van der Waals surface area contributed by atoms with Crippen molar-refractivity contribution in [3.63, 3.8) is 0 Å². The summed E-state index contributed by atoms with van der Waals surface area (Å²) in [7, 11) is 3.12. The standard InChI is InChI=1S/C20H18ClN3O4/c1-26-16-6-4-3-5-14(16)18-22-19(28-23-18)12-10-24(11-12)20(25)15-9-13(21)7-8-17(15)27-2/h3-9,12H,10-11H2,1-2H3. The zero-order chi connectivity index (χ0) is 19.7. The van der Waals surface area contributed by atoms with E-state index in [0.29, 0.717) is 46.9 Å². The average Bonchev–Trinajstić information content (AvgIpc) is 3.16. The average molecular weight is 400 g/mol. The van der Waals surface area contributed by atoms with Crippen LogP contribution in [0.5, 0.6) is 11.5 Å². The Bertz CT molecular complexity index is 1010. The van der Waals surface area contributed by atoms with Crippen molar-refractivity contribution in [3.8, 4) is 22.9 Å². The van der Waals surface area contributed by atoms with Crippen LogP contribution in [0.2, 0.25) is 5.02 Å². The van der Waals surface area contributed by atoms with E-state index in [1.807, 2.05) is 24.3 Å². The summed E-state index contributed by atoms with van der Waals surface area (Å²) in [6.45, 7) is 0.976. The van der Waals surface area contributed by atoms with Gasteiger partial charge in [-0.15, -0.1) is 0 Å². The Kier molecular flexibility index (Phi) is 4.92. The minimum atomic E-state index is -0.139. The molecule has 0 aliphatic carbocycles. The molecule has 1 saturated heterocycles. The summed E-state index contributed by atoms with van der Waals surface area (Å²) >= 11 is 6.02. The predicted octanol–water partition coefficient (Wildman–Crippen LogP) is 3.65. The highest BCUT2D eigenvalue weighted by Crippen LogP contribution is 2.33. The number of ether oxygens (including phenoxy) is 2. The molecule has 0 radical (unpaired) electrons. The second-order valence-electron chi connectivity index (χ2n) is 6.41. The maximum Gasteiger partial charge on any atom is 0.257 e. The number of carbonyl (C=O) groups excluding carboxylic acids is 1. The van der Waals surface area contributed by atoms with Crippen molar-refractivity contribution in [3.05, 3.63) is 58.9 Å². The van der Waals surface area contributed by atoms with E-state index < -0.39 is 0 Å². The van der Waals surface area contributed by atoms with E-state index in [4.69, 9.17) is 25.6 Å². The van der Waals surface area contributed by atoms with Gasteiger partial charge in [0, 0.05) is 18.1 Å². The fraction of sp³-hybridized carbons (Fsp3) is 0.250. The molecule has 144 valence electrons. The molecule has 0 spiro atoms. The van der Waals surface area contributed by atoms with E-state index in [0.717, 1.165) is 5.56 Å². The number of benzene rings is 2. The molecule has 28 heavy (non-hydrogen) atoms. The van der Waals surface area contributed by atoms with Crippen LogP contribution in [0.4, 0.5) is 0 Å². The number of likely N-dealkylation sites (tertiary alicyclic amines) is 1. The summed E-state index contributed by atoms with van der Waals surface area (Å²) in [5.74, 6) is 1.99. The molecule has 1 aliphatic heterocycles. The minimum Gasteiger partial charge on any atom is -0.496 e. The number of aromatic nitrogens is 2. The van der Waals surface area contributed by atoms with Crippen LogP contribution in [-0.2, 0) is 0 Å². The molecule has 2 heterocycles. The van der Waals surface area contributed by atoms with Gasteiger partial charge < -0.3 is 18.9 Å². The molecule has 0 atom stereocenters. The highest BCUT2D eigenvalue weighted by Gasteiger charge is 2.37. The Morgan fingerprint density at radius 2 is 1.89 bits per heavy atom. The minimum absolute atomic E-state index is 0.00918. The van der Waals surface area contributed by atoms with E-state index in [-0.39, 0.29) is 11.8 Å². The van der Waals surface area contributed by atoms with Gasteiger partial charge in [0.05, 0.1) is 31.3 Å². The molecular formula is C20H18ClN3O4. The van der Waals surface area contributed by atoms with Gasteiger partial charge in [-0.05, 0) is 30.3 Å². The van der Waals surface area contributed by atoms with Gasteiger partial charge in [-0.3, -0.25) is 4.79 Å². The van der Waals surface area contributed by atoms with Gasteiger partial charge in [0.2, 0.25) is 11.7 Å². The lowest BCUT2D eigenvalue weighted by atomic mass is 9.98. The van der Waals surface area contributed by atoms with Gasteiger partial charge in [-0.1, -0.05) is 28.9 Å². The second kappa shape index (κ2) is 7.52. The molecule has 2 aromatic carbocycles. The van der Waals surface area contributed by atoms with Crippen LogP contribution in [0.25, 0.3) is 11.4 Å². The van der Waals surface area contributed by atoms with Crippen LogP contribution in [-0.4, -0.2) is 48.3 Å². The maximum absolute atomic E-state index is 12.8. The lowest BCUT2D eigenvalue weighted by molar-refractivity contribution is 0.0566. The Hall–Kier alpha value is -3.06. The van der Waals surface area contributed by atoms with Crippen LogP contribution < -0.4 is 9.47 Å². The molecule has 1 aliphatic rings. The first-order chi connectivity index (χ1) is 13.6. The molecule has 4 rings (SSSR count). The highest BCUT2D eigenvalue weighted by atomic mass is 35.5. The van der Waals surface area contributed by atoms with E-state index >= 15 is 0 Å². The van der Waals surface area contributed by atoms with E-state index in [1.165, 1.54) is 7.11 Å². The van der Waals surface area contributed by atoms with E-state index in [2.05, 4.69) is 10.1 Å². The quantitative estimate of drug-likeness (QED) is 0.651. The molecule has 0 saturated carbocycles. The van der Waals surface area contributed by atoms with Crippen molar-refractivity contribution >= 4 is 17.5 Å². The summed E-state index contributed by atoms with van der Waals surface area (Å²) < 4.78 is 16.0. The third kappa shape index (κ3) is 3.29. The SMILES string of the molecule is COc1ccc(Cl)cc1C(=O)N1CC(c2nc(-c3ccccc3OC)no2)C1. The van der Waals surface area contributed by atoms with Gasteiger partial charge in [-0.25, -0.2) is 0 Å². The second-order valence-corrected chi connectivity index (χ2v) is 6.84. The largest absolute Gasteiger partial charge is 0.496 e. The summed E-state index contributed by atoms with van der Waals surface area (Å²) in [6.07, 6.45) is 0. The Balaban J connectivity index is 1.47. The first-order valence-electron chi connectivity index (χ1n) is 8.70. The number of hydrogen-bond acceptors (Lipinski definition) is 6. The zero-order valence-corrected chi connectivity index (χ0v) is 16.1. The number of halogens is 1. The molecule has 3 aromatic rings. The van der Waals surface area contributed by atoms with Crippen molar-refractivity contribution in [2.24, 2.45) is 0 Å². The lowest BCUT2D eigenvalue weighted by Gasteiger charge is -2.37. The number of carbonyl (C=O) groups is 1. The van der Waals surface area contributed by atoms with Gasteiger partial charge in [0.1, 0.15) is 11.5 Å².